The Bertz CT molecular complexity index is 849. The lowest BCUT2D eigenvalue weighted by molar-refractivity contribution is -0.384. The number of carboxylic acids is 1. The lowest BCUT2D eigenvalue weighted by Gasteiger charge is -2.07. The van der Waals surface area contributed by atoms with Gasteiger partial charge in [-0.25, -0.2) is 4.79 Å². The molecule has 0 saturated heterocycles. The van der Waals surface area contributed by atoms with Crippen molar-refractivity contribution in [1.29, 1.82) is 0 Å². The molecule has 0 aromatic heterocycles. The molecule has 9 nitrogen and oxygen atoms in total. The van der Waals surface area contributed by atoms with E-state index in [4.69, 9.17) is 4.74 Å². The lowest BCUT2D eigenvalue weighted by atomic mass is 10.1. The number of nitrogens with zero attached hydrogens (tertiary/aromatic N) is 2. The van der Waals surface area contributed by atoms with Gasteiger partial charge in [0.25, 0.3) is 11.6 Å². The zero-order valence-corrected chi connectivity index (χ0v) is 13.1. The van der Waals surface area contributed by atoms with Gasteiger partial charge in [0.1, 0.15) is 5.70 Å². The molecule has 0 radical (unpaired) electrons. The Hall–Kier alpha value is -3.75. The van der Waals surface area contributed by atoms with Crippen molar-refractivity contribution in [2.24, 2.45) is 4.99 Å². The fourth-order valence-corrected chi connectivity index (χ4v) is 2.07. The number of carboxylic acid groups (broad SMARTS) is 1. The molecular formula is C16H13N3O6. The van der Waals surface area contributed by atoms with Crippen molar-refractivity contribution in [2.75, 3.05) is 7.05 Å². The van der Waals surface area contributed by atoms with E-state index in [-0.39, 0.29) is 28.4 Å². The highest BCUT2D eigenvalue weighted by atomic mass is 16.6. The summed E-state index contributed by atoms with van der Waals surface area (Å²) < 4.78 is 5.15. The van der Waals surface area contributed by atoms with Crippen LogP contribution in [0.15, 0.2) is 65.0 Å². The fraction of sp³-hybridized carbons (Fsp3) is 0.0625. The van der Waals surface area contributed by atoms with Gasteiger partial charge in [-0.05, 0) is 18.2 Å². The molecule has 1 amide bonds. The molecule has 1 aromatic rings. The summed E-state index contributed by atoms with van der Waals surface area (Å²) in [6, 6.07) is 4.86. The summed E-state index contributed by atoms with van der Waals surface area (Å²) in [5.74, 6) is -2.49. The number of hydrogen-bond donors (Lipinski definition) is 2. The average molecular weight is 343 g/mol. The number of carbonyl (C=O) groups excluding carboxylic acids is 1. The Balaban J connectivity index is 2.37. The fourth-order valence-electron chi connectivity index (χ4n) is 2.07. The van der Waals surface area contributed by atoms with E-state index in [1.165, 1.54) is 43.5 Å². The second kappa shape index (κ2) is 7.21. The van der Waals surface area contributed by atoms with E-state index >= 15 is 0 Å². The number of allylic oxidation sites excluding steroid dienone is 2. The van der Waals surface area contributed by atoms with E-state index in [2.05, 4.69) is 16.9 Å². The summed E-state index contributed by atoms with van der Waals surface area (Å²) >= 11 is 0. The highest BCUT2D eigenvalue weighted by molar-refractivity contribution is 6.09. The number of non-ortho nitro benzene ring substituents is 1. The minimum absolute atomic E-state index is 0.0244. The Labute approximate surface area is 141 Å². The number of rotatable bonds is 5. The van der Waals surface area contributed by atoms with Crippen LogP contribution in [0.5, 0.6) is 0 Å². The van der Waals surface area contributed by atoms with E-state index in [0.29, 0.717) is 0 Å². The Morgan fingerprint density at radius 2 is 2.00 bits per heavy atom. The van der Waals surface area contributed by atoms with Crippen LogP contribution in [0.1, 0.15) is 10.4 Å². The molecule has 0 atom stereocenters. The van der Waals surface area contributed by atoms with Crippen LogP contribution in [0.2, 0.25) is 0 Å². The summed E-state index contributed by atoms with van der Waals surface area (Å²) in [6.45, 7) is 3.53. The van der Waals surface area contributed by atoms with Gasteiger partial charge in [0.2, 0.25) is 11.7 Å². The third-order valence-corrected chi connectivity index (χ3v) is 3.19. The minimum Gasteiger partial charge on any atom is -0.475 e. The number of aliphatic imine (C=N–C) groups is 1. The first-order valence-electron chi connectivity index (χ1n) is 6.90. The Morgan fingerprint density at radius 3 is 2.48 bits per heavy atom. The summed E-state index contributed by atoms with van der Waals surface area (Å²) in [6.07, 6.45) is 2.84. The van der Waals surface area contributed by atoms with Crippen molar-refractivity contribution in [2.45, 2.75) is 0 Å². The molecule has 25 heavy (non-hydrogen) atoms. The van der Waals surface area contributed by atoms with Crippen molar-refractivity contribution >= 4 is 23.5 Å². The number of nitrogens with one attached hydrogen (secondary N) is 1. The normalized spacial score (nSPS) is 16.7. The molecule has 128 valence electrons. The summed E-state index contributed by atoms with van der Waals surface area (Å²) in [7, 11) is 1.41. The number of benzene rings is 1. The molecule has 2 rings (SSSR count). The van der Waals surface area contributed by atoms with Crippen molar-refractivity contribution in [1.82, 2.24) is 5.32 Å². The van der Waals surface area contributed by atoms with Crippen LogP contribution in [0.3, 0.4) is 0 Å². The quantitative estimate of drug-likeness (QED) is 0.619. The van der Waals surface area contributed by atoms with Crippen molar-refractivity contribution in [3.63, 3.8) is 0 Å². The van der Waals surface area contributed by atoms with Gasteiger partial charge in [-0.3, -0.25) is 19.9 Å². The molecule has 0 saturated carbocycles. The smallest absolute Gasteiger partial charge is 0.374 e. The highest BCUT2D eigenvalue weighted by Gasteiger charge is 2.33. The van der Waals surface area contributed by atoms with Crippen molar-refractivity contribution < 1.29 is 24.4 Å². The van der Waals surface area contributed by atoms with Gasteiger partial charge < -0.3 is 15.2 Å². The van der Waals surface area contributed by atoms with Gasteiger partial charge in [-0.15, -0.1) is 0 Å². The molecule has 0 aliphatic carbocycles. The van der Waals surface area contributed by atoms with E-state index in [0.717, 1.165) is 0 Å². The number of hydrogen-bond acceptors (Lipinski definition) is 6. The number of ether oxygens (including phenoxy) is 1. The maximum Gasteiger partial charge on any atom is 0.374 e. The number of nitro groups is 1. The minimum atomic E-state index is -1.38. The third kappa shape index (κ3) is 3.61. The number of carbonyl (C=O) groups is 2. The zero-order valence-electron chi connectivity index (χ0n) is 13.1. The average Bonchev–Trinajstić information content (AvgIpc) is 2.93. The van der Waals surface area contributed by atoms with Gasteiger partial charge in [0.15, 0.2) is 0 Å². The summed E-state index contributed by atoms with van der Waals surface area (Å²) in [5.41, 5.74) is 0.128. The Morgan fingerprint density at radius 1 is 1.36 bits per heavy atom. The largest absolute Gasteiger partial charge is 0.475 e. The van der Waals surface area contributed by atoms with E-state index < -0.39 is 22.6 Å². The van der Waals surface area contributed by atoms with Gasteiger partial charge in [-0.1, -0.05) is 12.7 Å². The van der Waals surface area contributed by atoms with E-state index in [1.54, 1.807) is 0 Å². The molecule has 1 aliphatic heterocycles. The summed E-state index contributed by atoms with van der Waals surface area (Å²) in [5, 5.41) is 22.3. The predicted molar refractivity (Wildman–Crippen MR) is 87.9 cm³/mol. The van der Waals surface area contributed by atoms with Crippen molar-refractivity contribution in [3.05, 3.63) is 75.7 Å². The lowest BCUT2D eigenvalue weighted by Crippen LogP contribution is -2.25. The molecule has 2 N–H and O–H groups in total. The second-order valence-electron chi connectivity index (χ2n) is 4.71. The van der Waals surface area contributed by atoms with Gasteiger partial charge >= 0.3 is 5.97 Å². The topological polar surface area (TPSA) is 131 Å². The van der Waals surface area contributed by atoms with Crippen LogP contribution >= 0.6 is 0 Å². The number of nitro benzene ring substituents is 1. The maximum atomic E-state index is 12.3. The monoisotopic (exact) mass is 343 g/mol. The van der Waals surface area contributed by atoms with Crippen LogP contribution < -0.4 is 5.32 Å². The van der Waals surface area contributed by atoms with Crippen LogP contribution in [0.25, 0.3) is 0 Å². The van der Waals surface area contributed by atoms with Gasteiger partial charge in [-0.2, -0.15) is 0 Å². The van der Waals surface area contributed by atoms with Gasteiger partial charge in [0, 0.05) is 24.7 Å². The molecule has 0 spiro atoms. The van der Waals surface area contributed by atoms with Crippen LogP contribution in [0, 0.1) is 10.1 Å². The third-order valence-electron chi connectivity index (χ3n) is 3.19. The molecule has 0 bridgehead atoms. The molecule has 0 unspecified atom stereocenters. The van der Waals surface area contributed by atoms with E-state index in [9.17, 15) is 24.8 Å². The second-order valence-corrected chi connectivity index (χ2v) is 4.71. The van der Waals surface area contributed by atoms with Crippen LogP contribution in [0.4, 0.5) is 5.69 Å². The molecule has 9 heteroatoms. The van der Waals surface area contributed by atoms with Crippen LogP contribution in [-0.2, 0) is 9.53 Å². The van der Waals surface area contributed by atoms with Gasteiger partial charge in [0.05, 0.1) is 10.5 Å². The molecule has 1 aliphatic rings. The molecular weight excluding hydrogens is 330 g/mol. The SMILES string of the molecule is C=C/C=C1\C(=NC)OC(C(=O)O)=C1NC(=O)c1ccc([N+](=O)[O-])cc1. The number of amides is 1. The first kappa shape index (κ1) is 17.6. The molecule has 0 fully saturated rings. The first-order valence-corrected chi connectivity index (χ1v) is 6.90. The predicted octanol–water partition coefficient (Wildman–Crippen LogP) is 1.79. The highest BCUT2D eigenvalue weighted by Crippen LogP contribution is 2.26. The number of aliphatic carboxylic acids is 1. The van der Waals surface area contributed by atoms with E-state index in [1.807, 2.05) is 0 Å². The maximum absolute atomic E-state index is 12.3. The standard InChI is InChI=1S/C16H13N3O6/c1-3-4-11-12(13(16(21)22)25-15(11)17-2)18-14(20)9-5-7-10(8-6-9)19(23)24/h3-8H,1H2,2H3,(H,18,20)(H,21,22)/b11-4-,17-15?. The Kier molecular flexibility index (Phi) is 5.08. The van der Waals surface area contributed by atoms with Crippen LogP contribution in [-0.4, -0.2) is 34.9 Å². The van der Waals surface area contributed by atoms with Crippen molar-refractivity contribution in [3.8, 4) is 0 Å². The zero-order chi connectivity index (χ0) is 18.6. The first-order chi connectivity index (χ1) is 11.9. The molecule has 1 heterocycles. The molecule has 1 aromatic carbocycles. The summed E-state index contributed by atoms with van der Waals surface area (Å²) in [4.78, 5) is 37.6.